The lowest BCUT2D eigenvalue weighted by molar-refractivity contribution is 0.373. The molecule has 0 aromatic carbocycles. The number of imidazole rings is 1. The molecule has 1 unspecified atom stereocenters. The second-order valence-electron chi connectivity index (χ2n) is 5.23. The van der Waals surface area contributed by atoms with Crippen LogP contribution in [0, 0.1) is 12.8 Å². The van der Waals surface area contributed by atoms with Gasteiger partial charge in [0.2, 0.25) is 0 Å². The number of H-pyrrole nitrogens is 1. The van der Waals surface area contributed by atoms with E-state index in [0.717, 1.165) is 42.4 Å². The van der Waals surface area contributed by atoms with Crippen LogP contribution in [-0.4, -0.2) is 33.0 Å². The molecule has 3 heterocycles. The molecule has 100 valence electrons. The van der Waals surface area contributed by atoms with E-state index in [1.165, 1.54) is 12.8 Å². The topological polar surface area (TPSA) is 66.5 Å². The minimum atomic E-state index is 0.690. The summed E-state index contributed by atoms with van der Waals surface area (Å²) < 4.78 is 0. The Balaban J connectivity index is 1.75. The Kier molecular flexibility index (Phi) is 3.55. The van der Waals surface area contributed by atoms with Crippen molar-refractivity contribution in [3.05, 3.63) is 30.0 Å². The molecule has 5 nitrogen and oxygen atoms in total. The second kappa shape index (κ2) is 5.48. The van der Waals surface area contributed by atoms with E-state index in [1.807, 2.05) is 19.2 Å². The standard InChI is InChI=1S/C14H19N5/c1-10-7-16-14(19-10)13-6-12(17-9-18-13)5-11-3-2-4-15-8-11/h6-7,9,11,15H,2-5,8H2,1H3,(H,16,19). The Morgan fingerprint density at radius 1 is 1.32 bits per heavy atom. The van der Waals surface area contributed by atoms with E-state index in [-0.39, 0.29) is 0 Å². The normalized spacial score (nSPS) is 19.5. The maximum absolute atomic E-state index is 4.39. The molecule has 3 rings (SSSR count). The summed E-state index contributed by atoms with van der Waals surface area (Å²) in [6.07, 6.45) is 7.02. The average molecular weight is 257 g/mol. The van der Waals surface area contributed by atoms with Crippen molar-refractivity contribution in [3.8, 4) is 11.5 Å². The van der Waals surface area contributed by atoms with Crippen LogP contribution < -0.4 is 5.32 Å². The van der Waals surface area contributed by atoms with Gasteiger partial charge in [-0.2, -0.15) is 0 Å². The third-order valence-corrected chi connectivity index (χ3v) is 3.57. The third-order valence-electron chi connectivity index (χ3n) is 3.57. The van der Waals surface area contributed by atoms with E-state index in [9.17, 15) is 0 Å². The molecule has 0 bridgehead atoms. The number of hydrogen-bond acceptors (Lipinski definition) is 4. The molecule has 1 aliphatic rings. The zero-order chi connectivity index (χ0) is 13.1. The number of nitrogens with one attached hydrogen (secondary N) is 2. The fourth-order valence-corrected chi connectivity index (χ4v) is 2.58. The smallest absolute Gasteiger partial charge is 0.156 e. The Hall–Kier alpha value is -1.75. The van der Waals surface area contributed by atoms with E-state index in [4.69, 9.17) is 0 Å². The molecule has 0 spiro atoms. The predicted octanol–water partition coefficient (Wildman–Crippen LogP) is 1.72. The number of aromatic amines is 1. The highest BCUT2D eigenvalue weighted by Crippen LogP contribution is 2.18. The molecule has 0 amide bonds. The van der Waals surface area contributed by atoms with Crippen LogP contribution in [0.5, 0.6) is 0 Å². The lowest BCUT2D eigenvalue weighted by Gasteiger charge is -2.22. The van der Waals surface area contributed by atoms with Gasteiger partial charge in [0.15, 0.2) is 5.82 Å². The van der Waals surface area contributed by atoms with E-state index in [2.05, 4.69) is 25.3 Å². The van der Waals surface area contributed by atoms with Crippen LogP contribution in [-0.2, 0) is 6.42 Å². The quantitative estimate of drug-likeness (QED) is 0.878. The van der Waals surface area contributed by atoms with Crippen LogP contribution in [0.3, 0.4) is 0 Å². The van der Waals surface area contributed by atoms with Crippen LogP contribution >= 0.6 is 0 Å². The second-order valence-corrected chi connectivity index (χ2v) is 5.23. The molecule has 2 aromatic rings. The molecule has 0 aliphatic carbocycles. The molecule has 1 aliphatic heterocycles. The van der Waals surface area contributed by atoms with Crippen molar-refractivity contribution in [1.29, 1.82) is 0 Å². The zero-order valence-corrected chi connectivity index (χ0v) is 11.2. The maximum atomic E-state index is 4.39. The SMILES string of the molecule is Cc1cnc(-c2cc(CC3CCCNC3)ncn2)[nH]1. The lowest BCUT2D eigenvalue weighted by Crippen LogP contribution is -2.31. The van der Waals surface area contributed by atoms with Gasteiger partial charge in [0.05, 0.1) is 0 Å². The van der Waals surface area contributed by atoms with Crippen molar-refractivity contribution in [1.82, 2.24) is 25.3 Å². The molecule has 2 aromatic heterocycles. The number of hydrogen-bond donors (Lipinski definition) is 2. The number of aryl methyl sites for hydroxylation is 1. The summed E-state index contributed by atoms with van der Waals surface area (Å²) in [5, 5.41) is 3.44. The first-order valence-corrected chi connectivity index (χ1v) is 6.85. The summed E-state index contributed by atoms with van der Waals surface area (Å²) in [4.78, 5) is 16.2. The van der Waals surface area contributed by atoms with Crippen LogP contribution in [0.1, 0.15) is 24.2 Å². The Labute approximate surface area is 112 Å². The van der Waals surface area contributed by atoms with Crippen LogP contribution in [0.2, 0.25) is 0 Å². The molecular weight excluding hydrogens is 238 g/mol. The summed E-state index contributed by atoms with van der Waals surface area (Å²) in [6.45, 7) is 4.24. The Bertz CT molecular complexity index is 542. The molecular formula is C14H19N5. The van der Waals surface area contributed by atoms with Gasteiger partial charge >= 0.3 is 0 Å². The molecule has 0 radical (unpaired) electrons. The Morgan fingerprint density at radius 3 is 3.00 bits per heavy atom. The summed E-state index contributed by atoms with van der Waals surface area (Å²) >= 11 is 0. The number of rotatable bonds is 3. The van der Waals surface area contributed by atoms with E-state index >= 15 is 0 Å². The van der Waals surface area contributed by atoms with Crippen LogP contribution in [0.25, 0.3) is 11.5 Å². The zero-order valence-electron chi connectivity index (χ0n) is 11.2. The molecule has 5 heteroatoms. The highest BCUT2D eigenvalue weighted by Gasteiger charge is 2.15. The van der Waals surface area contributed by atoms with E-state index in [1.54, 1.807) is 6.33 Å². The summed E-state index contributed by atoms with van der Waals surface area (Å²) in [5.41, 5.74) is 3.03. The number of aromatic nitrogens is 4. The van der Waals surface area contributed by atoms with Crippen molar-refractivity contribution in [2.24, 2.45) is 5.92 Å². The third kappa shape index (κ3) is 2.98. The fourth-order valence-electron chi connectivity index (χ4n) is 2.58. The van der Waals surface area contributed by atoms with Crippen molar-refractivity contribution < 1.29 is 0 Å². The van der Waals surface area contributed by atoms with E-state index < -0.39 is 0 Å². The predicted molar refractivity (Wildman–Crippen MR) is 73.6 cm³/mol. The van der Waals surface area contributed by atoms with Gasteiger partial charge in [-0.15, -0.1) is 0 Å². The largest absolute Gasteiger partial charge is 0.341 e. The minimum absolute atomic E-state index is 0.690. The van der Waals surface area contributed by atoms with Gasteiger partial charge in [0.1, 0.15) is 12.0 Å². The van der Waals surface area contributed by atoms with Crippen molar-refractivity contribution in [3.63, 3.8) is 0 Å². The molecule has 1 fully saturated rings. The van der Waals surface area contributed by atoms with Crippen molar-refractivity contribution >= 4 is 0 Å². The van der Waals surface area contributed by atoms with Gasteiger partial charge in [-0.1, -0.05) is 0 Å². The first kappa shape index (κ1) is 12.3. The first-order valence-electron chi connectivity index (χ1n) is 6.85. The summed E-state index contributed by atoms with van der Waals surface area (Å²) in [5.74, 6) is 1.51. The summed E-state index contributed by atoms with van der Waals surface area (Å²) in [6, 6.07) is 2.05. The van der Waals surface area contributed by atoms with Crippen LogP contribution in [0.15, 0.2) is 18.6 Å². The average Bonchev–Trinajstić information content (AvgIpc) is 2.87. The van der Waals surface area contributed by atoms with Gasteiger partial charge in [-0.25, -0.2) is 15.0 Å². The minimum Gasteiger partial charge on any atom is -0.341 e. The first-order chi connectivity index (χ1) is 9.31. The number of nitrogens with zero attached hydrogens (tertiary/aromatic N) is 3. The van der Waals surface area contributed by atoms with Crippen molar-refractivity contribution in [2.75, 3.05) is 13.1 Å². The molecule has 2 N–H and O–H groups in total. The van der Waals surface area contributed by atoms with Gasteiger partial charge in [0, 0.05) is 17.6 Å². The fraction of sp³-hybridized carbons (Fsp3) is 0.500. The van der Waals surface area contributed by atoms with Crippen LogP contribution in [0.4, 0.5) is 0 Å². The van der Waals surface area contributed by atoms with Gasteiger partial charge in [0.25, 0.3) is 0 Å². The van der Waals surface area contributed by atoms with Crippen molar-refractivity contribution in [2.45, 2.75) is 26.2 Å². The molecule has 1 atom stereocenters. The molecule has 1 saturated heterocycles. The highest BCUT2D eigenvalue weighted by molar-refractivity contribution is 5.49. The van der Waals surface area contributed by atoms with Gasteiger partial charge in [-0.3, -0.25) is 0 Å². The maximum Gasteiger partial charge on any atom is 0.156 e. The van der Waals surface area contributed by atoms with Gasteiger partial charge < -0.3 is 10.3 Å². The summed E-state index contributed by atoms with van der Waals surface area (Å²) in [7, 11) is 0. The molecule has 0 saturated carbocycles. The Morgan fingerprint density at radius 2 is 2.26 bits per heavy atom. The van der Waals surface area contributed by atoms with E-state index in [0.29, 0.717) is 5.92 Å². The number of piperidine rings is 1. The lowest BCUT2D eigenvalue weighted by atomic mass is 9.94. The highest BCUT2D eigenvalue weighted by atomic mass is 15.0. The molecule has 19 heavy (non-hydrogen) atoms. The monoisotopic (exact) mass is 257 g/mol. The van der Waals surface area contributed by atoms with Gasteiger partial charge in [-0.05, 0) is 51.3 Å².